The van der Waals surface area contributed by atoms with E-state index in [0.717, 1.165) is 6.42 Å². The molecule has 10 heteroatoms. The van der Waals surface area contributed by atoms with Crippen molar-refractivity contribution in [1.29, 1.82) is 0 Å². The van der Waals surface area contributed by atoms with E-state index >= 15 is 0 Å². The van der Waals surface area contributed by atoms with E-state index in [9.17, 15) is 13.2 Å². The maximum Gasteiger partial charge on any atom is 0.573 e. The van der Waals surface area contributed by atoms with Crippen LogP contribution in [0.2, 0.25) is 0 Å². The van der Waals surface area contributed by atoms with E-state index in [4.69, 9.17) is 9.47 Å². The highest BCUT2D eigenvalue weighted by atomic mass is 19.4. The lowest BCUT2D eigenvalue weighted by atomic mass is 10.1. The molecule has 2 heterocycles. The zero-order valence-electron chi connectivity index (χ0n) is 17.4. The van der Waals surface area contributed by atoms with Crippen LogP contribution in [0.15, 0.2) is 48.5 Å². The molecule has 4 rings (SSSR count). The summed E-state index contributed by atoms with van der Waals surface area (Å²) in [6, 6.07) is 12.8. The summed E-state index contributed by atoms with van der Waals surface area (Å²) in [6.07, 6.45) is -3.94. The standard InChI is InChI=1S/C22H21F3N4O3/c1-3-13(2)26-21-28-17(14-5-4-6-16(9-14)32-22(23,24)25)11-20(29-21)27-15-7-8-18-19(10-15)31-12-30-18/h4-11,13H,3,12H2,1-2H3,(H2,26,27,28,29)/t13-/m1/s1. The van der Waals surface area contributed by atoms with Crippen molar-refractivity contribution in [3.8, 4) is 28.5 Å². The Hall–Kier alpha value is -3.69. The normalized spacial score (nSPS) is 13.5. The molecule has 1 aromatic heterocycles. The topological polar surface area (TPSA) is 77.5 Å². The van der Waals surface area contributed by atoms with Crippen molar-refractivity contribution in [3.05, 3.63) is 48.5 Å². The minimum atomic E-state index is -4.78. The zero-order chi connectivity index (χ0) is 22.7. The Kier molecular flexibility index (Phi) is 5.93. The molecule has 168 valence electrons. The van der Waals surface area contributed by atoms with Gasteiger partial charge in [-0.2, -0.15) is 4.98 Å². The minimum absolute atomic E-state index is 0.101. The Morgan fingerprint density at radius 3 is 2.66 bits per heavy atom. The summed E-state index contributed by atoms with van der Waals surface area (Å²) in [5.41, 5.74) is 1.60. The molecule has 1 atom stereocenters. The van der Waals surface area contributed by atoms with E-state index in [-0.39, 0.29) is 18.6 Å². The largest absolute Gasteiger partial charge is 0.573 e. The van der Waals surface area contributed by atoms with Crippen molar-refractivity contribution in [2.45, 2.75) is 32.7 Å². The number of halogens is 3. The van der Waals surface area contributed by atoms with Crippen LogP contribution in [0.5, 0.6) is 17.2 Å². The first kappa shape index (κ1) is 21.5. The van der Waals surface area contributed by atoms with E-state index < -0.39 is 6.36 Å². The number of nitrogens with one attached hydrogen (secondary N) is 2. The predicted octanol–water partition coefficient (Wildman–Crippen LogP) is 5.72. The van der Waals surface area contributed by atoms with Gasteiger partial charge in [0.1, 0.15) is 11.6 Å². The maximum atomic E-state index is 12.6. The summed E-state index contributed by atoms with van der Waals surface area (Å²) in [6.45, 7) is 4.17. The summed E-state index contributed by atoms with van der Waals surface area (Å²) in [5.74, 6) is 1.75. The fraction of sp³-hybridized carbons (Fsp3) is 0.273. The van der Waals surface area contributed by atoms with Crippen LogP contribution in [-0.4, -0.2) is 29.2 Å². The number of aromatic nitrogens is 2. The minimum Gasteiger partial charge on any atom is -0.454 e. The van der Waals surface area contributed by atoms with Crippen LogP contribution < -0.4 is 24.8 Å². The molecule has 0 fully saturated rings. The van der Waals surface area contributed by atoms with Crippen molar-refractivity contribution < 1.29 is 27.4 Å². The molecule has 1 aliphatic heterocycles. The lowest BCUT2D eigenvalue weighted by molar-refractivity contribution is -0.274. The van der Waals surface area contributed by atoms with E-state index in [2.05, 4.69) is 25.3 Å². The van der Waals surface area contributed by atoms with Gasteiger partial charge >= 0.3 is 6.36 Å². The van der Waals surface area contributed by atoms with Gasteiger partial charge in [-0.15, -0.1) is 13.2 Å². The fourth-order valence-electron chi connectivity index (χ4n) is 3.02. The second-order valence-corrected chi connectivity index (χ2v) is 7.18. The number of hydrogen-bond acceptors (Lipinski definition) is 7. The Morgan fingerprint density at radius 2 is 1.88 bits per heavy atom. The Morgan fingerprint density at radius 1 is 1.06 bits per heavy atom. The number of ether oxygens (including phenoxy) is 3. The zero-order valence-corrected chi connectivity index (χ0v) is 17.4. The van der Waals surface area contributed by atoms with Gasteiger partial charge in [-0.25, -0.2) is 4.98 Å². The summed E-state index contributed by atoms with van der Waals surface area (Å²) in [5, 5.41) is 6.39. The first-order valence-electron chi connectivity index (χ1n) is 9.97. The third-order valence-electron chi connectivity index (χ3n) is 4.72. The number of hydrogen-bond donors (Lipinski definition) is 2. The fourth-order valence-corrected chi connectivity index (χ4v) is 3.02. The predicted molar refractivity (Wildman–Crippen MR) is 113 cm³/mol. The van der Waals surface area contributed by atoms with Gasteiger partial charge < -0.3 is 24.8 Å². The molecule has 0 saturated carbocycles. The van der Waals surface area contributed by atoms with Crippen LogP contribution in [0.3, 0.4) is 0 Å². The van der Waals surface area contributed by atoms with Gasteiger partial charge in [0, 0.05) is 29.4 Å². The van der Waals surface area contributed by atoms with Crippen LogP contribution in [0.25, 0.3) is 11.3 Å². The molecular formula is C22H21F3N4O3. The number of alkyl halides is 3. The summed E-state index contributed by atoms with van der Waals surface area (Å²) in [7, 11) is 0. The molecule has 0 bridgehead atoms. The van der Waals surface area contributed by atoms with E-state index in [0.29, 0.717) is 40.2 Å². The lowest BCUT2D eigenvalue weighted by Gasteiger charge is -2.15. The van der Waals surface area contributed by atoms with Crippen molar-refractivity contribution in [2.24, 2.45) is 0 Å². The molecule has 3 aromatic rings. The highest BCUT2D eigenvalue weighted by Crippen LogP contribution is 2.35. The second-order valence-electron chi connectivity index (χ2n) is 7.18. The van der Waals surface area contributed by atoms with Gasteiger partial charge in [0.05, 0.1) is 5.69 Å². The third-order valence-corrected chi connectivity index (χ3v) is 4.72. The van der Waals surface area contributed by atoms with E-state index in [1.165, 1.54) is 18.2 Å². The van der Waals surface area contributed by atoms with Gasteiger partial charge in [-0.05, 0) is 37.6 Å². The number of benzene rings is 2. The Bertz CT molecular complexity index is 1110. The number of fused-ring (bicyclic) bond motifs is 1. The molecule has 2 N–H and O–H groups in total. The molecule has 0 aliphatic carbocycles. The van der Waals surface area contributed by atoms with Crippen molar-refractivity contribution in [2.75, 3.05) is 17.4 Å². The summed E-state index contributed by atoms with van der Waals surface area (Å²) in [4.78, 5) is 8.99. The molecule has 0 amide bonds. The van der Waals surface area contributed by atoms with Crippen LogP contribution in [0.1, 0.15) is 20.3 Å². The number of nitrogens with zero attached hydrogens (tertiary/aromatic N) is 2. The molecule has 0 saturated heterocycles. The van der Waals surface area contributed by atoms with Gasteiger partial charge in [-0.3, -0.25) is 0 Å². The van der Waals surface area contributed by atoms with Crippen molar-refractivity contribution in [3.63, 3.8) is 0 Å². The van der Waals surface area contributed by atoms with Gasteiger partial charge in [-0.1, -0.05) is 19.1 Å². The molecule has 32 heavy (non-hydrogen) atoms. The van der Waals surface area contributed by atoms with Gasteiger partial charge in [0.25, 0.3) is 0 Å². The lowest BCUT2D eigenvalue weighted by Crippen LogP contribution is -2.17. The first-order chi connectivity index (χ1) is 15.3. The first-order valence-corrected chi connectivity index (χ1v) is 9.97. The monoisotopic (exact) mass is 446 g/mol. The van der Waals surface area contributed by atoms with Crippen molar-refractivity contribution in [1.82, 2.24) is 9.97 Å². The summed E-state index contributed by atoms with van der Waals surface area (Å²) < 4.78 is 52.7. The molecule has 1 aliphatic rings. The Labute approximate surface area is 182 Å². The molecular weight excluding hydrogens is 425 g/mol. The quantitative estimate of drug-likeness (QED) is 0.480. The molecule has 7 nitrogen and oxygen atoms in total. The number of anilines is 3. The van der Waals surface area contributed by atoms with Crippen LogP contribution >= 0.6 is 0 Å². The van der Waals surface area contributed by atoms with Gasteiger partial charge in [0.2, 0.25) is 12.7 Å². The Balaban J connectivity index is 1.67. The third kappa shape index (κ3) is 5.32. The highest BCUT2D eigenvalue weighted by molar-refractivity contribution is 5.69. The molecule has 2 aromatic carbocycles. The van der Waals surface area contributed by atoms with E-state index in [1.807, 2.05) is 19.9 Å². The second kappa shape index (κ2) is 8.81. The number of rotatable bonds is 7. The highest BCUT2D eigenvalue weighted by Gasteiger charge is 2.31. The molecule has 0 radical (unpaired) electrons. The van der Waals surface area contributed by atoms with Crippen LogP contribution in [-0.2, 0) is 0 Å². The molecule has 0 unspecified atom stereocenters. The average Bonchev–Trinajstić information content (AvgIpc) is 3.20. The summed E-state index contributed by atoms with van der Waals surface area (Å²) >= 11 is 0. The SMILES string of the molecule is CC[C@@H](C)Nc1nc(Nc2ccc3c(c2)OCO3)cc(-c2cccc(OC(F)(F)F)c2)n1. The van der Waals surface area contributed by atoms with Crippen molar-refractivity contribution >= 4 is 17.5 Å². The van der Waals surface area contributed by atoms with E-state index in [1.54, 1.807) is 24.3 Å². The van der Waals surface area contributed by atoms with Crippen LogP contribution in [0.4, 0.5) is 30.6 Å². The van der Waals surface area contributed by atoms with Gasteiger partial charge in [0.15, 0.2) is 11.5 Å². The average molecular weight is 446 g/mol. The molecule has 0 spiro atoms. The smallest absolute Gasteiger partial charge is 0.454 e. The van der Waals surface area contributed by atoms with Crippen LogP contribution in [0, 0.1) is 0 Å². The maximum absolute atomic E-state index is 12.6.